The van der Waals surface area contributed by atoms with Crippen LogP contribution in [-0.2, 0) is 0 Å². The summed E-state index contributed by atoms with van der Waals surface area (Å²) in [5.41, 5.74) is 1.87. The number of aromatic nitrogens is 2. The molecule has 4 fully saturated rings. The lowest BCUT2D eigenvalue weighted by molar-refractivity contribution is -0.0259. The van der Waals surface area contributed by atoms with Crippen molar-refractivity contribution in [3.8, 4) is 17.0 Å². The van der Waals surface area contributed by atoms with Gasteiger partial charge in [0.25, 0.3) is 0 Å². The molecule has 4 aliphatic rings. The Bertz CT molecular complexity index is 896. The number of nitrogens with zero attached hydrogens (tertiary/aromatic N) is 4. The summed E-state index contributed by atoms with van der Waals surface area (Å²) in [6.07, 6.45) is 8.62. The molecule has 3 saturated heterocycles. The summed E-state index contributed by atoms with van der Waals surface area (Å²) < 4.78 is 5.49. The number of benzene rings is 1. The van der Waals surface area contributed by atoms with Crippen LogP contribution < -0.4 is 9.64 Å². The summed E-state index contributed by atoms with van der Waals surface area (Å²) in [6.45, 7) is 3.56. The number of hydrogen-bond donors (Lipinski definition) is 0. The minimum atomic E-state index is 0.773. The monoisotopic (exact) mass is 404 g/mol. The topological polar surface area (TPSA) is 41.5 Å². The predicted molar refractivity (Wildman–Crippen MR) is 119 cm³/mol. The van der Waals surface area contributed by atoms with Gasteiger partial charge in [-0.3, -0.25) is 4.90 Å². The molecule has 5 nitrogen and oxygen atoms in total. The molecule has 0 spiro atoms. The van der Waals surface area contributed by atoms with Gasteiger partial charge in [0.15, 0.2) is 5.82 Å². The molecule has 0 N–H and O–H groups in total. The van der Waals surface area contributed by atoms with Crippen molar-refractivity contribution < 1.29 is 4.74 Å². The highest BCUT2D eigenvalue weighted by atomic mass is 16.5. The normalized spacial score (nSPS) is 31.3. The first kappa shape index (κ1) is 18.6. The zero-order chi connectivity index (χ0) is 20.1. The molecule has 2 bridgehead atoms. The number of fused-ring (bicyclic) bond motifs is 4. The van der Waals surface area contributed by atoms with Gasteiger partial charge in [0, 0.05) is 37.3 Å². The van der Waals surface area contributed by atoms with E-state index in [-0.39, 0.29) is 0 Å². The Morgan fingerprint density at radius 3 is 2.47 bits per heavy atom. The fourth-order valence-corrected chi connectivity index (χ4v) is 6.52. The molecule has 30 heavy (non-hydrogen) atoms. The van der Waals surface area contributed by atoms with E-state index in [2.05, 4.69) is 32.1 Å². The molecular formula is C25H32N4O. The molecule has 1 saturated carbocycles. The second-order valence-corrected chi connectivity index (χ2v) is 9.84. The SMILES string of the molecule is COc1ccccc1-c1ccc(N2C[C@@H]3C[C@H](C2)[C@@H]2CCC[C@H](C4CC4)N2C3)nn1. The van der Waals surface area contributed by atoms with E-state index in [0.29, 0.717) is 0 Å². The third-order valence-electron chi connectivity index (χ3n) is 7.96. The van der Waals surface area contributed by atoms with Crippen LogP contribution in [0.25, 0.3) is 11.3 Å². The molecule has 3 aliphatic heterocycles. The van der Waals surface area contributed by atoms with E-state index in [9.17, 15) is 0 Å². The van der Waals surface area contributed by atoms with E-state index < -0.39 is 0 Å². The summed E-state index contributed by atoms with van der Waals surface area (Å²) >= 11 is 0. The molecule has 4 heterocycles. The third-order valence-corrected chi connectivity index (χ3v) is 7.96. The minimum absolute atomic E-state index is 0.773. The van der Waals surface area contributed by atoms with E-state index in [0.717, 1.165) is 65.8 Å². The molecule has 4 atom stereocenters. The number of piperidine rings is 3. The lowest BCUT2D eigenvalue weighted by Gasteiger charge is -2.55. The van der Waals surface area contributed by atoms with Crippen LogP contribution in [0.3, 0.4) is 0 Å². The first-order chi connectivity index (χ1) is 14.8. The highest BCUT2D eigenvalue weighted by Crippen LogP contribution is 2.46. The van der Waals surface area contributed by atoms with Crippen molar-refractivity contribution in [2.45, 2.75) is 50.6 Å². The van der Waals surface area contributed by atoms with Gasteiger partial charge in [-0.1, -0.05) is 18.6 Å². The maximum atomic E-state index is 5.49. The fraction of sp³-hybridized carbons (Fsp3) is 0.600. The van der Waals surface area contributed by atoms with E-state index in [1.807, 2.05) is 24.3 Å². The molecule has 5 heteroatoms. The number of rotatable bonds is 4. The van der Waals surface area contributed by atoms with Gasteiger partial charge in [-0.15, -0.1) is 10.2 Å². The smallest absolute Gasteiger partial charge is 0.151 e. The van der Waals surface area contributed by atoms with Crippen LogP contribution in [0.5, 0.6) is 5.75 Å². The Hall–Kier alpha value is -2.14. The van der Waals surface area contributed by atoms with Gasteiger partial charge in [-0.2, -0.15) is 0 Å². The van der Waals surface area contributed by atoms with Crippen LogP contribution in [-0.4, -0.2) is 53.9 Å². The Labute approximate surface area is 179 Å². The number of anilines is 1. The molecule has 0 amide bonds. The Kier molecular flexibility index (Phi) is 4.67. The number of hydrogen-bond acceptors (Lipinski definition) is 5. The van der Waals surface area contributed by atoms with Crippen molar-refractivity contribution in [1.29, 1.82) is 0 Å². The Morgan fingerprint density at radius 1 is 0.867 bits per heavy atom. The van der Waals surface area contributed by atoms with Crippen molar-refractivity contribution in [3.63, 3.8) is 0 Å². The van der Waals surface area contributed by atoms with Crippen molar-refractivity contribution in [2.75, 3.05) is 31.6 Å². The first-order valence-electron chi connectivity index (χ1n) is 11.8. The molecule has 158 valence electrons. The van der Waals surface area contributed by atoms with Crippen LogP contribution in [0.15, 0.2) is 36.4 Å². The van der Waals surface area contributed by atoms with Gasteiger partial charge in [0.1, 0.15) is 5.75 Å². The maximum absolute atomic E-state index is 5.49. The van der Waals surface area contributed by atoms with Crippen molar-refractivity contribution in [3.05, 3.63) is 36.4 Å². The summed E-state index contributed by atoms with van der Waals surface area (Å²) in [5, 5.41) is 9.21. The average molecular weight is 405 g/mol. The van der Waals surface area contributed by atoms with Crippen molar-refractivity contribution in [1.82, 2.24) is 15.1 Å². The van der Waals surface area contributed by atoms with E-state index >= 15 is 0 Å². The summed E-state index contributed by atoms with van der Waals surface area (Å²) in [7, 11) is 1.70. The Morgan fingerprint density at radius 2 is 1.70 bits per heavy atom. The van der Waals surface area contributed by atoms with Gasteiger partial charge < -0.3 is 9.64 Å². The molecule has 1 aliphatic carbocycles. The second-order valence-electron chi connectivity index (χ2n) is 9.84. The second kappa shape index (κ2) is 7.52. The molecule has 2 aromatic rings. The quantitative estimate of drug-likeness (QED) is 0.762. The van der Waals surface area contributed by atoms with Crippen LogP contribution >= 0.6 is 0 Å². The number of para-hydroxylation sites is 1. The average Bonchev–Trinajstić information content (AvgIpc) is 3.64. The van der Waals surface area contributed by atoms with E-state index in [4.69, 9.17) is 4.74 Å². The van der Waals surface area contributed by atoms with E-state index in [1.165, 1.54) is 45.1 Å². The van der Waals surface area contributed by atoms with Gasteiger partial charge in [0.2, 0.25) is 0 Å². The summed E-state index contributed by atoms with van der Waals surface area (Å²) in [5.74, 6) is 4.45. The highest BCUT2D eigenvalue weighted by molar-refractivity contribution is 5.67. The van der Waals surface area contributed by atoms with Gasteiger partial charge in [0.05, 0.1) is 12.8 Å². The highest BCUT2D eigenvalue weighted by Gasteiger charge is 2.48. The number of ether oxygens (including phenoxy) is 1. The van der Waals surface area contributed by atoms with Gasteiger partial charge in [-0.25, -0.2) is 0 Å². The van der Waals surface area contributed by atoms with Crippen LogP contribution in [0.2, 0.25) is 0 Å². The van der Waals surface area contributed by atoms with Crippen LogP contribution in [0, 0.1) is 17.8 Å². The lowest BCUT2D eigenvalue weighted by atomic mass is 9.74. The van der Waals surface area contributed by atoms with Crippen LogP contribution in [0.4, 0.5) is 5.82 Å². The van der Waals surface area contributed by atoms with Gasteiger partial charge >= 0.3 is 0 Å². The largest absolute Gasteiger partial charge is 0.496 e. The summed E-state index contributed by atoms with van der Waals surface area (Å²) in [6, 6.07) is 14.0. The molecular weight excluding hydrogens is 372 g/mol. The zero-order valence-electron chi connectivity index (χ0n) is 17.9. The standard InChI is InChI=1S/C25H32N4O/c1-30-24-8-3-2-5-20(24)21-11-12-25(27-26-21)28-14-17-13-19(16-28)23-7-4-6-22(18-9-10-18)29(23)15-17/h2-3,5,8,11-12,17-19,22-23H,4,6-7,9-10,13-16H2,1H3/t17-,19+,22+,23-/m0/s1. The third kappa shape index (κ3) is 3.27. The molecule has 6 rings (SSSR count). The van der Waals surface area contributed by atoms with Crippen LogP contribution in [0.1, 0.15) is 38.5 Å². The van der Waals surface area contributed by atoms with Gasteiger partial charge in [-0.05, 0) is 74.1 Å². The fourth-order valence-electron chi connectivity index (χ4n) is 6.52. The minimum Gasteiger partial charge on any atom is -0.496 e. The molecule has 0 radical (unpaired) electrons. The van der Waals surface area contributed by atoms with Crippen molar-refractivity contribution >= 4 is 5.82 Å². The lowest BCUT2D eigenvalue weighted by Crippen LogP contribution is -2.62. The molecule has 1 aromatic heterocycles. The maximum Gasteiger partial charge on any atom is 0.151 e. The van der Waals surface area contributed by atoms with Crippen molar-refractivity contribution in [2.24, 2.45) is 17.8 Å². The molecule has 0 unspecified atom stereocenters. The first-order valence-corrected chi connectivity index (χ1v) is 11.8. The predicted octanol–water partition coefficient (Wildman–Crippen LogP) is 4.24. The van der Waals surface area contributed by atoms with E-state index in [1.54, 1.807) is 7.11 Å². The Balaban J connectivity index is 1.20. The molecule has 1 aromatic carbocycles. The number of methoxy groups -OCH3 is 1. The summed E-state index contributed by atoms with van der Waals surface area (Å²) in [4.78, 5) is 5.46. The zero-order valence-corrected chi connectivity index (χ0v) is 17.9.